The minimum atomic E-state index is 0.147. The summed E-state index contributed by atoms with van der Waals surface area (Å²) in [5.74, 6) is 2.73. The summed E-state index contributed by atoms with van der Waals surface area (Å²) in [5, 5.41) is 7.93. The Morgan fingerprint density at radius 3 is 2.64 bits per heavy atom. The van der Waals surface area contributed by atoms with Gasteiger partial charge in [-0.1, -0.05) is 0 Å². The molecular weight excluding hydrogens is 374 g/mol. The van der Waals surface area contributed by atoms with E-state index in [4.69, 9.17) is 14.1 Å². The molecule has 1 saturated heterocycles. The van der Waals surface area contributed by atoms with Crippen LogP contribution in [-0.2, 0) is 11.3 Å². The van der Waals surface area contributed by atoms with E-state index in [1.807, 2.05) is 26.8 Å². The molecule has 28 heavy (non-hydrogen) atoms. The van der Waals surface area contributed by atoms with Crippen LogP contribution < -0.4 is 10.6 Å². The SMILES string of the molecule is CCNC(=NCc1sc(C)nc1C)NCC(c1ccc(C)o1)N1CCOCC1. The van der Waals surface area contributed by atoms with Gasteiger partial charge in [-0.3, -0.25) is 4.90 Å². The second-order valence-corrected chi connectivity index (χ2v) is 8.22. The van der Waals surface area contributed by atoms with E-state index in [2.05, 4.69) is 33.5 Å². The molecule has 0 saturated carbocycles. The van der Waals surface area contributed by atoms with E-state index in [0.29, 0.717) is 6.54 Å². The Hall–Kier alpha value is -1.90. The molecule has 0 aliphatic carbocycles. The summed E-state index contributed by atoms with van der Waals surface area (Å²) in [5.41, 5.74) is 1.07. The van der Waals surface area contributed by atoms with E-state index in [0.717, 1.165) is 67.6 Å². The first kappa shape index (κ1) is 20.8. The van der Waals surface area contributed by atoms with Crippen molar-refractivity contribution in [2.24, 2.45) is 4.99 Å². The van der Waals surface area contributed by atoms with Gasteiger partial charge in [0, 0.05) is 31.1 Å². The van der Waals surface area contributed by atoms with Gasteiger partial charge in [0.15, 0.2) is 5.96 Å². The summed E-state index contributed by atoms with van der Waals surface area (Å²) in [7, 11) is 0. The molecule has 3 heterocycles. The number of thiazole rings is 1. The van der Waals surface area contributed by atoms with Gasteiger partial charge in [0.05, 0.1) is 36.5 Å². The van der Waals surface area contributed by atoms with Crippen molar-refractivity contribution in [2.45, 2.75) is 40.3 Å². The minimum Gasteiger partial charge on any atom is -0.465 e. The van der Waals surface area contributed by atoms with Crippen LogP contribution in [0, 0.1) is 20.8 Å². The number of aromatic nitrogens is 1. The molecule has 1 unspecified atom stereocenters. The molecule has 154 valence electrons. The molecule has 0 bridgehead atoms. The van der Waals surface area contributed by atoms with E-state index in [1.54, 1.807) is 11.3 Å². The zero-order chi connectivity index (χ0) is 19.9. The second-order valence-electron chi connectivity index (χ2n) is 6.93. The molecular formula is C20H31N5O2S. The number of aliphatic imine (C=N–C) groups is 1. The molecule has 7 nitrogen and oxygen atoms in total. The Morgan fingerprint density at radius 1 is 1.25 bits per heavy atom. The van der Waals surface area contributed by atoms with Crippen molar-refractivity contribution >= 4 is 17.3 Å². The van der Waals surface area contributed by atoms with E-state index in [9.17, 15) is 0 Å². The van der Waals surface area contributed by atoms with Gasteiger partial charge in [0.2, 0.25) is 0 Å². The first-order valence-electron chi connectivity index (χ1n) is 9.90. The average molecular weight is 406 g/mol. The number of rotatable bonds is 7. The Labute approximate surface area is 171 Å². The van der Waals surface area contributed by atoms with Gasteiger partial charge in [-0.2, -0.15) is 0 Å². The average Bonchev–Trinajstić information content (AvgIpc) is 3.25. The molecule has 0 aromatic carbocycles. The van der Waals surface area contributed by atoms with Crippen LogP contribution in [0.25, 0.3) is 0 Å². The van der Waals surface area contributed by atoms with Crippen LogP contribution in [0.5, 0.6) is 0 Å². The van der Waals surface area contributed by atoms with Gasteiger partial charge in [0.25, 0.3) is 0 Å². The van der Waals surface area contributed by atoms with Crippen molar-refractivity contribution in [2.75, 3.05) is 39.4 Å². The lowest BCUT2D eigenvalue weighted by molar-refractivity contribution is 0.0124. The van der Waals surface area contributed by atoms with Crippen molar-refractivity contribution in [3.63, 3.8) is 0 Å². The number of hydrogen-bond acceptors (Lipinski definition) is 6. The lowest BCUT2D eigenvalue weighted by atomic mass is 10.1. The third-order valence-electron chi connectivity index (χ3n) is 4.76. The maximum Gasteiger partial charge on any atom is 0.191 e. The fraction of sp³-hybridized carbons (Fsp3) is 0.600. The summed E-state index contributed by atoms with van der Waals surface area (Å²) in [4.78, 5) is 12.9. The number of nitrogens with zero attached hydrogens (tertiary/aromatic N) is 3. The smallest absolute Gasteiger partial charge is 0.191 e. The van der Waals surface area contributed by atoms with Crippen LogP contribution in [-0.4, -0.2) is 55.2 Å². The molecule has 1 aliphatic heterocycles. The van der Waals surface area contributed by atoms with Crippen LogP contribution in [0.3, 0.4) is 0 Å². The van der Waals surface area contributed by atoms with Gasteiger partial charge < -0.3 is 19.8 Å². The third kappa shape index (κ3) is 5.56. The highest BCUT2D eigenvalue weighted by atomic mass is 32.1. The summed E-state index contributed by atoms with van der Waals surface area (Å²) < 4.78 is 11.5. The molecule has 1 fully saturated rings. The zero-order valence-corrected chi connectivity index (χ0v) is 18.1. The van der Waals surface area contributed by atoms with Crippen LogP contribution in [0.4, 0.5) is 0 Å². The van der Waals surface area contributed by atoms with Crippen LogP contribution >= 0.6 is 11.3 Å². The molecule has 0 amide bonds. The quantitative estimate of drug-likeness (QED) is 0.545. The summed E-state index contributed by atoms with van der Waals surface area (Å²) in [6.45, 7) is 13.6. The fourth-order valence-electron chi connectivity index (χ4n) is 3.34. The highest BCUT2D eigenvalue weighted by molar-refractivity contribution is 7.11. The molecule has 1 atom stereocenters. The normalized spacial score (nSPS) is 16.9. The van der Waals surface area contributed by atoms with Crippen LogP contribution in [0.15, 0.2) is 21.5 Å². The Kier molecular flexibility index (Phi) is 7.47. The Balaban J connectivity index is 1.69. The number of guanidine groups is 1. The molecule has 2 aromatic rings. The first-order valence-corrected chi connectivity index (χ1v) is 10.7. The first-order chi connectivity index (χ1) is 13.6. The van der Waals surface area contributed by atoms with Crippen LogP contribution in [0.1, 0.15) is 40.1 Å². The van der Waals surface area contributed by atoms with Gasteiger partial charge in [-0.05, 0) is 39.8 Å². The molecule has 2 N–H and O–H groups in total. The van der Waals surface area contributed by atoms with Crippen molar-refractivity contribution in [3.8, 4) is 0 Å². The number of hydrogen-bond donors (Lipinski definition) is 2. The van der Waals surface area contributed by atoms with E-state index in [-0.39, 0.29) is 6.04 Å². The van der Waals surface area contributed by atoms with Gasteiger partial charge in [-0.25, -0.2) is 9.98 Å². The molecule has 8 heteroatoms. The largest absolute Gasteiger partial charge is 0.465 e. The van der Waals surface area contributed by atoms with Gasteiger partial charge >= 0.3 is 0 Å². The number of aryl methyl sites for hydroxylation is 3. The van der Waals surface area contributed by atoms with Crippen molar-refractivity contribution < 1.29 is 9.15 Å². The number of nitrogens with one attached hydrogen (secondary N) is 2. The van der Waals surface area contributed by atoms with Crippen molar-refractivity contribution in [3.05, 3.63) is 39.2 Å². The van der Waals surface area contributed by atoms with Crippen molar-refractivity contribution in [1.82, 2.24) is 20.5 Å². The Morgan fingerprint density at radius 2 is 2.04 bits per heavy atom. The highest BCUT2D eigenvalue weighted by Gasteiger charge is 2.25. The molecule has 3 rings (SSSR count). The lowest BCUT2D eigenvalue weighted by Crippen LogP contribution is -2.46. The van der Waals surface area contributed by atoms with E-state index < -0.39 is 0 Å². The number of ether oxygens (including phenoxy) is 1. The molecule has 0 radical (unpaired) electrons. The standard InChI is InChI=1S/C20H31N5O2S/c1-5-21-20(23-13-19-15(3)24-16(4)28-19)22-12-17(18-7-6-14(2)27-18)25-8-10-26-11-9-25/h6-7,17H,5,8-13H2,1-4H3,(H2,21,22,23). The summed E-state index contributed by atoms with van der Waals surface area (Å²) in [6, 6.07) is 4.25. The van der Waals surface area contributed by atoms with E-state index >= 15 is 0 Å². The summed E-state index contributed by atoms with van der Waals surface area (Å²) in [6.07, 6.45) is 0. The summed E-state index contributed by atoms with van der Waals surface area (Å²) >= 11 is 1.71. The fourth-order valence-corrected chi connectivity index (χ4v) is 4.20. The van der Waals surface area contributed by atoms with Gasteiger partial charge in [-0.15, -0.1) is 11.3 Å². The maximum absolute atomic E-state index is 5.95. The highest BCUT2D eigenvalue weighted by Crippen LogP contribution is 2.23. The van der Waals surface area contributed by atoms with Crippen molar-refractivity contribution in [1.29, 1.82) is 0 Å². The molecule has 0 spiro atoms. The maximum atomic E-state index is 5.95. The lowest BCUT2D eigenvalue weighted by Gasteiger charge is -2.33. The predicted octanol–water partition coefficient (Wildman–Crippen LogP) is 2.79. The third-order valence-corrected chi connectivity index (χ3v) is 5.82. The topological polar surface area (TPSA) is 74.9 Å². The minimum absolute atomic E-state index is 0.147. The zero-order valence-electron chi connectivity index (χ0n) is 17.2. The predicted molar refractivity (Wildman–Crippen MR) is 113 cm³/mol. The van der Waals surface area contributed by atoms with Crippen LogP contribution in [0.2, 0.25) is 0 Å². The molecule has 2 aromatic heterocycles. The van der Waals surface area contributed by atoms with E-state index in [1.165, 1.54) is 4.88 Å². The Bertz CT molecular complexity index is 779. The van der Waals surface area contributed by atoms with Gasteiger partial charge in [0.1, 0.15) is 11.5 Å². The monoisotopic (exact) mass is 405 g/mol. The molecule has 1 aliphatic rings. The second kappa shape index (κ2) is 10.0. The number of furan rings is 1. The number of morpholine rings is 1.